The Morgan fingerprint density at radius 1 is 0.964 bits per heavy atom. The maximum atomic E-state index is 12.7. The molecule has 3 rings (SSSR count). The maximum absolute atomic E-state index is 12.7. The molecule has 144 valence electrons. The minimum absolute atomic E-state index is 0.132. The van der Waals surface area contributed by atoms with E-state index >= 15 is 0 Å². The number of sulfonamides is 1. The van der Waals surface area contributed by atoms with E-state index in [2.05, 4.69) is 10.0 Å². The van der Waals surface area contributed by atoms with Crippen LogP contribution in [-0.2, 0) is 16.4 Å². The van der Waals surface area contributed by atoms with Gasteiger partial charge in [-0.15, -0.1) is 0 Å². The van der Waals surface area contributed by atoms with E-state index < -0.39 is 15.9 Å². The van der Waals surface area contributed by atoms with Gasteiger partial charge in [0.15, 0.2) is 0 Å². The lowest BCUT2D eigenvalue weighted by Crippen LogP contribution is -2.16. The Morgan fingerprint density at radius 3 is 2.36 bits per heavy atom. The molecule has 1 amide bonds. The van der Waals surface area contributed by atoms with Crippen molar-refractivity contribution in [1.82, 2.24) is 0 Å². The van der Waals surface area contributed by atoms with E-state index in [1.165, 1.54) is 30.3 Å². The minimum atomic E-state index is -3.76. The van der Waals surface area contributed by atoms with Crippen LogP contribution < -0.4 is 10.0 Å². The normalized spacial score (nSPS) is 11.1. The third kappa shape index (κ3) is 4.52. The number of anilines is 2. The van der Waals surface area contributed by atoms with E-state index in [1.807, 2.05) is 31.2 Å². The SMILES string of the molecule is CCc1ccccc1NC(=O)c1cc(NS(=O)(=O)c2ccccc2)ccc1Cl. The number of halogens is 1. The van der Waals surface area contributed by atoms with Crippen LogP contribution in [0.1, 0.15) is 22.8 Å². The molecule has 0 atom stereocenters. The lowest BCUT2D eigenvalue weighted by Gasteiger charge is -2.13. The van der Waals surface area contributed by atoms with Crippen molar-refractivity contribution in [3.05, 3.63) is 88.9 Å². The van der Waals surface area contributed by atoms with Gasteiger partial charge < -0.3 is 5.32 Å². The number of benzene rings is 3. The average molecular weight is 415 g/mol. The van der Waals surface area contributed by atoms with Crippen molar-refractivity contribution in [2.24, 2.45) is 0 Å². The van der Waals surface area contributed by atoms with Gasteiger partial charge >= 0.3 is 0 Å². The van der Waals surface area contributed by atoms with Crippen LogP contribution in [0.5, 0.6) is 0 Å². The highest BCUT2D eigenvalue weighted by Gasteiger charge is 2.17. The lowest BCUT2D eigenvalue weighted by atomic mass is 10.1. The van der Waals surface area contributed by atoms with Crippen LogP contribution in [-0.4, -0.2) is 14.3 Å². The van der Waals surface area contributed by atoms with Gasteiger partial charge in [-0.3, -0.25) is 9.52 Å². The molecule has 0 aliphatic heterocycles. The summed E-state index contributed by atoms with van der Waals surface area (Å²) in [5.41, 5.74) is 2.12. The third-order valence-corrected chi connectivity index (χ3v) is 5.89. The third-order valence-electron chi connectivity index (χ3n) is 4.16. The zero-order valence-corrected chi connectivity index (χ0v) is 16.7. The number of amides is 1. The first-order valence-corrected chi connectivity index (χ1v) is 10.5. The fourth-order valence-corrected chi connectivity index (χ4v) is 3.99. The molecule has 0 aliphatic rings. The van der Waals surface area contributed by atoms with Crippen LogP contribution in [0.2, 0.25) is 5.02 Å². The van der Waals surface area contributed by atoms with E-state index in [4.69, 9.17) is 11.6 Å². The van der Waals surface area contributed by atoms with E-state index in [0.29, 0.717) is 5.69 Å². The van der Waals surface area contributed by atoms with Gasteiger partial charge in [0, 0.05) is 11.4 Å². The molecule has 0 unspecified atom stereocenters. The van der Waals surface area contributed by atoms with Crippen molar-refractivity contribution < 1.29 is 13.2 Å². The van der Waals surface area contributed by atoms with E-state index in [1.54, 1.807) is 18.2 Å². The Morgan fingerprint density at radius 2 is 1.64 bits per heavy atom. The standard InChI is InChI=1S/C21H19ClN2O3S/c1-2-15-8-6-7-11-20(15)23-21(25)18-14-16(12-13-19(18)22)24-28(26,27)17-9-4-3-5-10-17/h3-14,24H,2H2,1H3,(H,23,25). The van der Waals surface area contributed by atoms with Gasteiger partial charge in [-0.1, -0.05) is 54.9 Å². The molecular formula is C21H19ClN2O3S. The molecule has 5 nitrogen and oxygen atoms in total. The van der Waals surface area contributed by atoms with Crippen LogP contribution in [0.15, 0.2) is 77.7 Å². The molecule has 3 aromatic carbocycles. The van der Waals surface area contributed by atoms with Crippen LogP contribution in [0, 0.1) is 0 Å². The topological polar surface area (TPSA) is 75.3 Å². The number of hydrogen-bond donors (Lipinski definition) is 2. The summed E-state index contributed by atoms with van der Waals surface area (Å²) >= 11 is 6.18. The fraction of sp³-hybridized carbons (Fsp3) is 0.0952. The average Bonchev–Trinajstić information content (AvgIpc) is 2.70. The summed E-state index contributed by atoms with van der Waals surface area (Å²) in [6.07, 6.45) is 0.765. The quantitative estimate of drug-likeness (QED) is 0.598. The largest absolute Gasteiger partial charge is 0.322 e. The van der Waals surface area contributed by atoms with Gasteiger partial charge in [0.1, 0.15) is 0 Å². The summed E-state index contributed by atoms with van der Waals surface area (Å²) in [7, 11) is -3.76. The first-order chi connectivity index (χ1) is 13.4. The van der Waals surface area contributed by atoms with Crippen LogP contribution in [0.4, 0.5) is 11.4 Å². The zero-order chi connectivity index (χ0) is 20.1. The van der Waals surface area contributed by atoms with Gasteiger partial charge in [0.2, 0.25) is 0 Å². The molecule has 3 aromatic rings. The number of carbonyl (C=O) groups is 1. The highest BCUT2D eigenvalue weighted by Crippen LogP contribution is 2.25. The Bertz CT molecular complexity index is 1100. The van der Waals surface area contributed by atoms with Crippen LogP contribution in [0.3, 0.4) is 0 Å². The second kappa shape index (κ2) is 8.46. The summed E-state index contributed by atoms with van der Waals surface area (Å²) < 4.78 is 27.5. The summed E-state index contributed by atoms with van der Waals surface area (Å²) in [4.78, 5) is 12.9. The van der Waals surface area contributed by atoms with Crippen molar-refractivity contribution in [3.8, 4) is 0 Å². The number of carbonyl (C=O) groups excluding carboxylic acids is 1. The molecule has 0 fully saturated rings. The fourth-order valence-electron chi connectivity index (χ4n) is 2.72. The predicted molar refractivity (Wildman–Crippen MR) is 112 cm³/mol. The molecule has 7 heteroatoms. The summed E-state index contributed by atoms with van der Waals surface area (Å²) in [5.74, 6) is -0.411. The second-order valence-electron chi connectivity index (χ2n) is 6.08. The smallest absolute Gasteiger partial charge is 0.261 e. The van der Waals surface area contributed by atoms with E-state index in [9.17, 15) is 13.2 Å². The van der Waals surface area contributed by atoms with E-state index in [-0.39, 0.29) is 21.2 Å². The molecule has 0 heterocycles. The number of rotatable bonds is 6. The van der Waals surface area contributed by atoms with Gasteiger partial charge in [0.25, 0.3) is 15.9 Å². The van der Waals surface area contributed by atoms with Crippen molar-refractivity contribution in [1.29, 1.82) is 0 Å². The zero-order valence-electron chi connectivity index (χ0n) is 15.1. The molecular weight excluding hydrogens is 396 g/mol. The Balaban J connectivity index is 1.86. The van der Waals surface area contributed by atoms with Crippen LogP contribution >= 0.6 is 11.6 Å². The molecule has 0 bridgehead atoms. The monoisotopic (exact) mass is 414 g/mol. The molecule has 0 aliphatic carbocycles. The Kier molecular flexibility index (Phi) is 6.02. The Hall–Kier alpha value is -2.83. The highest BCUT2D eigenvalue weighted by molar-refractivity contribution is 7.92. The number of nitrogens with one attached hydrogen (secondary N) is 2. The first-order valence-electron chi connectivity index (χ1n) is 8.67. The molecule has 0 spiro atoms. The molecule has 0 saturated carbocycles. The predicted octanol–water partition coefficient (Wildman–Crippen LogP) is 4.96. The Labute approximate surface area is 169 Å². The van der Waals surface area contributed by atoms with Crippen molar-refractivity contribution in [2.75, 3.05) is 10.0 Å². The summed E-state index contributed by atoms with van der Waals surface area (Å²) in [6.45, 7) is 2.00. The second-order valence-corrected chi connectivity index (χ2v) is 8.17. The molecule has 28 heavy (non-hydrogen) atoms. The van der Waals surface area contributed by atoms with Gasteiger partial charge in [0.05, 0.1) is 15.5 Å². The van der Waals surface area contributed by atoms with Crippen molar-refractivity contribution >= 4 is 38.9 Å². The molecule has 2 N–H and O–H groups in total. The maximum Gasteiger partial charge on any atom is 0.261 e. The van der Waals surface area contributed by atoms with Gasteiger partial charge in [-0.25, -0.2) is 8.42 Å². The van der Waals surface area contributed by atoms with Gasteiger partial charge in [-0.2, -0.15) is 0 Å². The lowest BCUT2D eigenvalue weighted by molar-refractivity contribution is 0.102. The van der Waals surface area contributed by atoms with Crippen molar-refractivity contribution in [3.63, 3.8) is 0 Å². The van der Waals surface area contributed by atoms with Gasteiger partial charge in [-0.05, 0) is 48.4 Å². The van der Waals surface area contributed by atoms with Crippen LogP contribution in [0.25, 0.3) is 0 Å². The molecule has 0 saturated heterocycles. The van der Waals surface area contributed by atoms with Crippen molar-refractivity contribution in [2.45, 2.75) is 18.2 Å². The summed E-state index contributed by atoms with van der Waals surface area (Å²) in [6, 6.07) is 19.9. The molecule has 0 aromatic heterocycles. The van der Waals surface area contributed by atoms with E-state index in [0.717, 1.165) is 12.0 Å². The minimum Gasteiger partial charge on any atom is -0.322 e. The number of hydrogen-bond acceptors (Lipinski definition) is 3. The first kappa shape index (κ1) is 19.9. The highest BCUT2D eigenvalue weighted by atomic mass is 35.5. The molecule has 0 radical (unpaired) electrons. The number of aryl methyl sites for hydroxylation is 1. The number of para-hydroxylation sites is 1. The summed E-state index contributed by atoms with van der Waals surface area (Å²) in [5, 5.41) is 3.07.